The Morgan fingerprint density at radius 3 is 2.76 bits per heavy atom. The molecule has 1 atom stereocenters. The number of pyridine rings is 1. The predicted octanol–water partition coefficient (Wildman–Crippen LogP) is 3.82. The molecule has 0 bridgehead atoms. The number of aromatic nitrogens is 5. The van der Waals surface area contributed by atoms with Crippen molar-refractivity contribution in [1.82, 2.24) is 29.3 Å². The van der Waals surface area contributed by atoms with Crippen LogP contribution < -0.4 is 16.4 Å². The minimum Gasteiger partial charge on any atom is -0.444 e. The number of halogens is 1. The van der Waals surface area contributed by atoms with Crippen LogP contribution in [-0.2, 0) is 4.74 Å². The van der Waals surface area contributed by atoms with Crippen molar-refractivity contribution in [2.75, 3.05) is 5.32 Å². The van der Waals surface area contributed by atoms with Crippen molar-refractivity contribution in [3.63, 3.8) is 0 Å². The minimum absolute atomic E-state index is 0.0111. The molecule has 0 radical (unpaired) electrons. The first-order chi connectivity index (χ1) is 17.5. The Hall–Kier alpha value is -4.45. The van der Waals surface area contributed by atoms with Gasteiger partial charge in [0.15, 0.2) is 11.5 Å². The van der Waals surface area contributed by atoms with Crippen LogP contribution >= 0.6 is 11.6 Å². The second-order valence-corrected chi connectivity index (χ2v) is 9.55. The number of ether oxygens (including phenoxy) is 1. The molecule has 1 unspecified atom stereocenters. The number of amides is 2. The summed E-state index contributed by atoms with van der Waals surface area (Å²) in [6.07, 6.45) is 7.92. The van der Waals surface area contributed by atoms with Crippen molar-refractivity contribution in [3.8, 4) is 0 Å². The van der Waals surface area contributed by atoms with E-state index in [1.165, 1.54) is 16.9 Å². The van der Waals surface area contributed by atoms with Gasteiger partial charge in [-0.15, -0.1) is 5.10 Å². The van der Waals surface area contributed by atoms with E-state index in [-0.39, 0.29) is 17.0 Å². The standard InChI is InChI=1S/C24H26ClN9O3/c1-13(15-8-16(25)17-11-28-12-33(17)19(15)14(9-26)10-27)30-22(35)18-20(31-23(36)37-24(2,3)4)32-34-7-5-6-29-21(18)34/h5-13,26H,27H2,1-4H3,(H,30,35)(H,31,32,36)/b14-10+,26-9?. The van der Waals surface area contributed by atoms with Crippen LogP contribution in [0.1, 0.15) is 55.4 Å². The van der Waals surface area contributed by atoms with Crippen molar-refractivity contribution in [2.24, 2.45) is 5.73 Å². The fourth-order valence-electron chi connectivity index (χ4n) is 3.83. The second kappa shape index (κ2) is 9.90. The van der Waals surface area contributed by atoms with Crippen molar-refractivity contribution >= 4 is 52.4 Å². The molecule has 4 heterocycles. The SMILES string of the molecule is CC(NC(=O)c1c(NC(=O)OC(C)(C)C)nn2cccnc12)c1cc(Cl)c2cncn2c1/C(C=N)=C/N. The van der Waals surface area contributed by atoms with Crippen LogP contribution in [0.25, 0.3) is 16.7 Å². The molecule has 12 nitrogen and oxygen atoms in total. The zero-order valence-electron chi connectivity index (χ0n) is 20.6. The molecule has 0 fully saturated rings. The molecular weight excluding hydrogens is 498 g/mol. The van der Waals surface area contributed by atoms with E-state index in [0.29, 0.717) is 27.4 Å². The molecule has 192 valence electrons. The highest BCUT2D eigenvalue weighted by Crippen LogP contribution is 2.31. The van der Waals surface area contributed by atoms with Gasteiger partial charge in [-0.3, -0.25) is 14.5 Å². The normalized spacial score (nSPS) is 12.9. The Labute approximate surface area is 217 Å². The fourth-order valence-corrected chi connectivity index (χ4v) is 4.09. The quantitative estimate of drug-likeness (QED) is 0.279. The Balaban J connectivity index is 1.74. The Morgan fingerprint density at radius 1 is 1.32 bits per heavy atom. The first kappa shape index (κ1) is 25.6. The number of nitrogens with zero attached hydrogens (tertiary/aromatic N) is 5. The fraction of sp³-hybridized carbons (Fsp3) is 0.250. The highest BCUT2D eigenvalue weighted by atomic mass is 35.5. The molecule has 0 aromatic carbocycles. The zero-order valence-corrected chi connectivity index (χ0v) is 21.4. The first-order valence-corrected chi connectivity index (χ1v) is 11.6. The molecule has 4 aromatic rings. The third-order valence-electron chi connectivity index (χ3n) is 5.34. The second-order valence-electron chi connectivity index (χ2n) is 9.14. The Morgan fingerprint density at radius 2 is 2.08 bits per heavy atom. The lowest BCUT2D eigenvalue weighted by Gasteiger charge is -2.21. The van der Waals surface area contributed by atoms with Crippen LogP contribution in [0.5, 0.6) is 0 Å². The van der Waals surface area contributed by atoms with E-state index in [1.54, 1.807) is 62.9 Å². The smallest absolute Gasteiger partial charge is 0.413 e. The molecule has 4 rings (SSSR count). The summed E-state index contributed by atoms with van der Waals surface area (Å²) in [5, 5.41) is 18.0. The number of nitrogens with two attached hydrogens (primary N) is 1. The van der Waals surface area contributed by atoms with Gasteiger partial charge in [-0.1, -0.05) is 11.6 Å². The number of hydrogen-bond acceptors (Lipinski definition) is 8. The summed E-state index contributed by atoms with van der Waals surface area (Å²) < 4.78 is 8.41. The molecule has 0 saturated heterocycles. The molecule has 0 saturated carbocycles. The third kappa shape index (κ3) is 5.09. The summed E-state index contributed by atoms with van der Waals surface area (Å²) in [6.45, 7) is 6.94. The van der Waals surface area contributed by atoms with Gasteiger partial charge in [0.25, 0.3) is 5.91 Å². The molecule has 5 N–H and O–H groups in total. The summed E-state index contributed by atoms with van der Waals surface area (Å²) in [7, 11) is 0. The number of imidazole rings is 1. The van der Waals surface area contributed by atoms with Gasteiger partial charge in [0.1, 0.15) is 11.2 Å². The molecular formula is C24H26ClN9O3. The average Bonchev–Trinajstić information content (AvgIpc) is 3.44. The minimum atomic E-state index is -0.763. The van der Waals surface area contributed by atoms with Gasteiger partial charge < -0.3 is 21.2 Å². The molecule has 0 aliphatic rings. The van der Waals surface area contributed by atoms with E-state index >= 15 is 0 Å². The van der Waals surface area contributed by atoms with E-state index in [2.05, 4.69) is 25.7 Å². The summed E-state index contributed by atoms with van der Waals surface area (Å²) in [4.78, 5) is 34.4. The topological polar surface area (TPSA) is 165 Å². The lowest BCUT2D eigenvalue weighted by atomic mass is 10.0. The summed E-state index contributed by atoms with van der Waals surface area (Å²) in [5.41, 5.74) is 7.50. The van der Waals surface area contributed by atoms with Crippen LogP contribution in [-0.4, -0.2) is 47.8 Å². The van der Waals surface area contributed by atoms with Crippen LogP contribution in [0.3, 0.4) is 0 Å². The number of fused-ring (bicyclic) bond motifs is 2. The monoisotopic (exact) mass is 523 g/mol. The molecule has 0 spiro atoms. The van der Waals surface area contributed by atoms with Crippen LogP contribution in [0.15, 0.2) is 43.3 Å². The lowest BCUT2D eigenvalue weighted by molar-refractivity contribution is 0.0635. The van der Waals surface area contributed by atoms with Gasteiger partial charge in [0.05, 0.1) is 34.8 Å². The lowest BCUT2D eigenvalue weighted by Crippen LogP contribution is -2.30. The van der Waals surface area contributed by atoms with Crippen LogP contribution in [0, 0.1) is 5.41 Å². The number of carbonyl (C=O) groups excluding carboxylic acids is 2. The Bertz CT molecular complexity index is 1550. The van der Waals surface area contributed by atoms with Crippen molar-refractivity contribution in [2.45, 2.75) is 39.3 Å². The van der Waals surface area contributed by atoms with Gasteiger partial charge in [0.2, 0.25) is 0 Å². The van der Waals surface area contributed by atoms with E-state index < -0.39 is 23.6 Å². The highest BCUT2D eigenvalue weighted by molar-refractivity contribution is 6.34. The first-order valence-electron chi connectivity index (χ1n) is 11.3. The predicted molar refractivity (Wildman–Crippen MR) is 140 cm³/mol. The number of allylic oxidation sites excluding steroid dienone is 1. The Kier molecular flexibility index (Phi) is 6.86. The third-order valence-corrected chi connectivity index (χ3v) is 5.65. The number of carbonyl (C=O) groups is 2. The van der Waals surface area contributed by atoms with Crippen LogP contribution in [0.2, 0.25) is 5.02 Å². The maximum Gasteiger partial charge on any atom is 0.413 e. The van der Waals surface area contributed by atoms with Gasteiger partial charge >= 0.3 is 6.09 Å². The average molecular weight is 524 g/mol. The maximum absolute atomic E-state index is 13.6. The van der Waals surface area contributed by atoms with E-state index in [9.17, 15) is 9.59 Å². The molecule has 37 heavy (non-hydrogen) atoms. The zero-order chi connectivity index (χ0) is 26.9. The summed E-state index contributed by atoms with van der Waals surface area (Å²) in [5.74, 6) is -0.559. The van der Waals surface area contributed by atoms with Crippen molar-refractivity contribution in [3.05, 3.63) is 65.1 Å². The maximum atomic E-state index is 13.6. The van der Waals surface area contributed by atoms with Crippen molar-refractivity contribution in [1.29, 1.82) is 5.41 Å². The summed E-state index contributed by atoms with van der Waals surface area (Å²) >= 11 is 6.49. The number of rotatable bonds is 6. The highest BCUT2D eigenvalue weighted by Gasteiger charge is 2.27. The number of hydrogen-bond donors (Lipinski definition) is 4. The van der Waals surface area contributed by atoms with Crippen molar-refractivity contribution < 1.29 is 14.3 Å². The molecule has 4 aromatic heterocycles. The van der Waals surface area contributed by atoms with Gasteiger partial charge in [-0.05, 0) is 39.8 Å². The van der Waals surface area contributed by atoms with Gasteiger partial charge in [-0.2, -0.15) is 0 Å². The van der Waals surface area contributed by atoms with E-state index in [0.717, 1.165) is 6.21 Å². The molecule has 2 amide bonds. The van der Waals surface area contributed by atoms with E-state index in [1.807, 2.05) is 0 Å². The largest absolute Gasteiger partial charge is 0.444 e. The molecule has 0 aliphatic carbocycles. The molecule has 13 heteroatoms. The van der Waals surface area contributed by atoms with Crippen LogP contribution in [0.4, 0.5) is 10.6 Å². The van der Waals surface area contributed by atoms with Gasteiger partial charge in [0, 0.05) is 35.9 Å². The molecule has 0 aliphatic heterocycles. The van der Waals surface area contributed by atoms with Gasteiger partial charge in [-0.25, -0.2) is 19.3 Å². The summed E-state index contributed by atoms with van der Waals surface area (Å²) in [6, 6.07) is 2.73. The van der Waals surface area contributed by atoms with E-state index in [4.69, 9.17) is 27.5 Å². The number of anilines is 1. The number of nitrogens with one attached hydrogen (secondary N) is 3.